The van der Waals surface area contributed by atoms with Crippen molar-refractivity contribution in [2.75, 3.05) is 20.6 Å². The molecule has 10 heteroatoms. The summed E-state index contributed by atoms with van der Waals surface area (Å²) in [6.07, 6.45) is 0. The molecule has 0 amide bonds. The summed E-state index contributed by atoms with van der Waals surface area (Å²) < 4.78 is 50.8. The number of hydrogen-bond donors (Lipinski definition) is 2. The van der Waals surface area contributed by atoms with E-state index in [4.69, 9.17) is 5.11 Å². The second-order valence-electron chi connectivity index (χ2n) is 4.70. The van der Waals surface area contributed by atoms with E-state index in [0.29, 0.717) is 0 Å². The van der Waals surface area contributed by atoms with Crippen LogP contribution in [0.3, 0.4) is 0 Å². The van der Waals surface area contributed by atoms with Crippen LogP contribution in [0.5, 0.6) is 0 Å². The molecule has 0 bridgehead atoms. The summed E-state index contributed by atoms with van der Waals surface area (Å²) in [6.45, 7) is 1.21. The van der Waals surface area contributed by atoms with Crippen LogP contribution in [0.2, 0.25) is 0 Å². The third-order valence-corrected chi connectivity index (χ3v) is 6.33. The third-order valence-electron chi connectivity index (χ3n) is 3.06. The molecule has 8 nitrogen and oxygen atoms in total. The van der Waals surface area contributed by atoms with Gasteiger partial charge < -0.3 is 5.11 Å². The molecule has 0 aliphatic carbocycles. The van der Waals surface area contributed by atoms with Gasteiger partial charge in [-0.25, -0.2) is 25.9 Å². The molecule has 0 saturated heterocycles. The normalized spacial score (nSPS) is 14.0. The van der Waals surface area contributed by atoms with Gasteiger partial charge in [0.25, 0.3) is 0 Å². The summed E-state index contributed by atoms with van der Waals surface area (Å²) in [4.78, 5) is 10.6. The van der Waals surface area contributed by atoms with E-state index in [1.807, 2.05) is 0 Å². The Balaban J connectivity index is 3.06. The molecule has 0 fully saturated rings. The van der Waals surface area contributed by atoms with E-state index in [1.165, 1.54) is 45.3 Å². The van der Waals surface area contributed by atoms with Crippen LogP contribution >= 0.6 is 0 Å². The standard InChI is InChI=1S/C12H18N2O6S2/c1-9(12(15)16)8-14(3)22(19,20)11-6-4-10(5-7-11)21(17,18)13-2/h4-7,9,13H,8H2,1-3H3,(H,15,16). The molecule has 0 aliphatic rings. The Bertz CT molecular complexity index is 740. The SMILES string of the molecule is CNS(=O)(=O)c1ccc(S(=O)(=O)N(C)CC(C)C(=O)O)cc1. The highest BCUT2D eigenvalue weighted by atomic mass is 32.2. The maximum atomic E-state index is 12.3. The highest BCUT2D eigenvalue weighted by molar-refractivity contribution is 7.89. The first kappa shape index (κ1) is 18.6. The summed E-state index contributed by atoms with van der Waals surface area (Å²) in [5.41, 5.74) is 0. The Morgan fingerprint density at radius 1 is 1.18 bits per heavy atom. The second-order valence-corrected chi connectivity index (χ2v) is 8.64. The van der Waals surface area contributed by atoms with Gasteiger partial charge in [0.2, 0.25) is 20.0 Å². The Labute approximate surface area is 129 Å². The van der Waals surface area contributed by atoms with Gasteiger partial charge in [-0.1, -0.05) is 6.92 Å². The average molecular weight is 350 g/mol. The zero-order valence-corrected chi connectivity index (χ0v) is 14.0. The first-order valence-corrected chi connectivity index (χ1v) is 9.17. The quantitative estimate of drug-likeness (QED) is 0.710. The number of hydrogen-bond acceptors (Lipinski definition) is 5. The number of rotatable bonds is 7. The van der Waals surface area contributed by atoms with Gasteiger partial charge in [-0.2, -0.15) is 0 Å². The number of nitrogens with one attached hydrogen (secondary N) is 1. The van der Waals surface area contributed by atoms with Gasteiger partial charge in [-0.3, -0.25) is 4.79 Å². The Morgan fingerprint density at radius 2 is 1.64 bits per heavy atom. The molecule has 1 unspecified atom stereocenters. The average Bonchev–Trinajstić information content (AvgIpc) is 2.47. The third kappa shape index (κ3) is 4.03. The first-order chi connectivity index (χ1) is 10.0. The van der Waals surface area contributed by atoms with Crippen molar-refractivity contribution in [1.82, 2.24) is 9.03 Å². The van der Waals surface area contributed by atoms with Gasteiger partial charge in [-0.15, -0.1) is 0 Å². The van der Waals surface area contributed by atoms with Crippen molar-refractivity contribution in [3.8, 4) is 0 Å². The minimum Gasteiger partial charge on any atom is -0.481 e. The molecule has 0 aromatic heterocycles. The molecular formula is C12H18N2O6S2. The van der Waals surface area contributed by atoms with E-state index in [9.17, 15) is 21.6 Å². The van der Waals surface area contributed by atoms with Crippen LogP contribution in [0.15, 0.2) is 34.1 Å². The number of carbonyl (C=O) groups is 1. The number of benzene rings is 1. The molecule has 1 aromatic rings. The van der Waals surface area contributed by atoms with Gasteiger partial charge in [0.15, 0.2) is 0 Å². The first-order valence-electron chi connectivity index (χ1n) is 6.25. The molecule has 124 valence electrons. The van der Waals surface area contributed by atoms with E-state index in [0.717, 1.165) is 4.31 Å². The maximum absolute atomic E-state index is 12.3. The lowest BCUT2D eigenvalue weighted by Gasteiger charge is -2.19. The fraction of sp³-hybridized carbons (Fsp3) is 0.417. The topological polar surface area (TPSA) is 121 Å². The number of sulfonamides is 2. The van der Waals surface area contributed by atoms with E-state index in [1.54, 1.807) is 0 Å². The summed E-state index contributed by atoms with van der Waals surface area (Å²) >= 11 is 0. The Hall–Kier alpha value is -1.49. The fourth-order valence-corrected chi connectivity index (χ4v) is 3.64. The van der Waals surface area contributed by atoms with E-state index < -0.39 is 31.9 Å². The van der Waals surface area contributed by atoms with E-state index in [-0.39, 0.29) is 16.3 Å². The molecule has 1 atom stereocenters. The summed E-state index contributed by atoms with van der Waals surface area (Å²) in [5, 5.41) is 8.83. The molecule has 2 N–H and O–H groups in total. The smallest absolute Gasteiger partial charge is 0.307 e. The van der Waals surface area contributed by atoms with Gasteiger partial charge >= 0.3 is 5.97 Å². The van der Waals surface area contributed by atoms with Crippen molar-refractivity contribution < 1.29 is 26.7 Å². The lowest BCUT2D eigenvalue weighted by molar-refractivity contribution is -0.141. The van der Waals surface area contributed by atoms with Crippen molar-refractivity contribution >= 4 is 26.0 Å². The monoisotopic (exact) mass is 350 g/mol. The minimum absolute atomic E-state index is 0.0597. The van der Waals surface area contributed by atoms with Crippen LogP contribution in [0, 0.1) is 5.92 Å². The van der Waals surface area contributed by atoms with Crippen molar-refractivity contribution in [1.29, 1.82) is 0 Å². The van der Waals surface area contributed by atoms with Crippen LogP contribution < -0.4 is 4.72 Å². The zero-order chi connectivity index (χ0) is 17.1. The molecule has 0 saturated carbocycles. The summed E-state index contributed by atoms with van der Waals surface area (Å²) in [6, 6.07) is 4.68. The van der Waals surface area contributed by atoms with Gasteiger partial charge in [0.1, 0.15) is 0 Å². The molecule has 0 heterocycles. The highest BCUT2D eigenvalue weighted by Gasteiger charge is 2.25. The van der Waals surface area contributed by atoms with Crippen molar-refractivity contribution in [2.24, 2.45) is 5.92 Å². The fourth-order valence-electron chi connectivity index (χ4n) is 1.65. The molecule has 0 radical (unpaired) electrons. The van der Waals surface area contributed by atoms with Gasteiger partial charge in [-0.05, 0) is 31.3 Å². The van der Waals surface area contributed by atoms with Crippen molar-refractivity contribution in [2.45, 2.75) is 16.7 Å². The van der Waals surface area contributed by atoms with Crippen LogP contribution in [-0.2, 0) is 24.8 Å². The number of aliphatic carboxylic acids is 1. The van der Waals surface area contributed by atoms with Crippen molar-refractivity contribution in [3.63, 3.8) is 0 Å². The predicted octanol–water partition coefficient (Wildman–Crippen LogP) is -0.0641. The number of carboxylic acids is 1. The van der Waals surface area contributed by atoms with Gasteiger partial charge in [0, 0.05) is 13.6 Å². The molecule has 0 aliphatic heterocycles. The van der Waals surface area contributed by atoms with Crippen LogP contribution in [-0.4, -0.2) is 52.9 Å². The van der Waals surface area contributed by atoms with Gasteiger partial charge in [0.05, 0.1) is 15.7 Å². The molecule has 1 aromatic carbocycles. The van der Waals surface area contributed by atoms with E-state index >= 15 is 0 Å². The maximum Gasteiger partial charge on any atom is 0.307 e. The molecule has 22 heavy (non-hydrogen) atoms. The predicted molar refractivity (Wildman–Crippen MR) is 79.3 cm³/mol. The molecular weight excluding hydrogens is 332 g/mol. The van der Waals surface area contributed by atoms with Crippen molar-refractivity contribution in [3.05, 3.63) is 24.3 Å². The second kappa shape index (κ2) is 6.73. The van der Waals surface area contributed by atoms with Crippen LogP contribution in [0.1, 0.15) is 6.92 Å². The zero-order valence-electron chi connectivity index (χ0n) is 12.3. The summed E-state index contributed by atoms with van der Waals surface area (Å²) in [5.74, 6) is -1.96. The Morgan fingerprint density at radius 3 is 2.05 bits per heavy atom. The minimum atomic E-state index is -3.88. The summed E-state index contributed by atoms with van der Waals surface area (Å²) in [7, 11) is -5.01. The largest absolute Gasteiger partial charge is 0.481 e. The number of carboxylic acid groups (broad SMARTS) is 1. The van der Waals surface area contributed by atoms with Crippen LogP contribution in [0.25, 0.3) is 0 Å². The number of nitrogens with zero attached hydrogens (tertiary/aromatic N) is 1. The van der Waals surface area contributed by atoms with E-state index in [2.05, 4.69) is 4.72 Å². The molecule has 1 rings (SSSR count). The lowest BCUT2D eigenvalue weighted by atomic mass is 10.2. The van der Waals surface area contributed by atoms with Crippen LogP contribution in [0.4, 0.5) is 0 Å². The highest BCUT2D eigenvalue weighted by Crippen LogP contribution is 2.18. The Kier molecular flexibility index (Phi) is 5.68. The molecule has 0 spiro atoms. The lowest BCUT2D eigenvalue weighted by Crippen LogP contribution is -2.33.